The predicted octanol–water partition coefficient (Wildman–Crippen LogP) is 0.276. The van der Waals surface area contributed by atoms with Crippen molar-refractivity contribution in [2.75, 3.05) is 0 Å². The summed E-state index contributed by atoms with van der Waals surface area (Å²) in [6.07, 6.45) is 1.68. The van der Waals surface area contributed by atoms with Gasteiger partial charge < -0.3 is 9.68 Å². The maximum absolute atomic E-state index is 10.8. The molecule has 0 radical (unpaired) electrons. The first-order valence-electron chi connectivity index (χ1n) is 4.32. The van der Waals surface area contributed by atoms with Crippen LogP contribution in [0.4, 0.5) is 0 Å². The third-order valence-corrected chi connectivity index (χ3v) is 2.41. The van der Waals surface area contributed by atoms with E-state index in [2.05, 4.69) is 4.84 Å². The zero-order chi connectivity index (χ0) is 9.84. The second-order valence-corrected chi connectivity index (χ2v) is 3.57. The molecule has 0 aromatic carbocycles. The van der Waals surface area contributed by atoms with Gasteiger partial charge in [0.05, 0.1) is 5.94 Å². The van der Waals surface area contributed by atoms with Crippen LogP contribution in [0.15, 0.2) is 0 Å². The minimum atomic E-state index is -0.907. The Morgan fingerprint density at radius 2 is 2.46 bits per heavy atom. The second-order valence-electron chi connectivity index (χ2n) is 3.35. The molecule has 0 amide bonds. The van der Waals surface area contributed by atoms with Crippen molar-refractivity contribution in [2.24, 2.45) is 0 Å². The van der Waals surface area contributed by atoms with Crippen LogP contribution in [-0.4, -0.2) is 30.0 Å². The number of hydrogen-bond donors (Lipinski definition) is 2. The summed E-state index contributed by atoms with van der Waals surface area (Å²) < 4.78 is 5.19. The summed E-state index contributed by atoms with van der Waals surface area (Å²) in [5.74, 6) is -0.153. The SMILES string of the molecule is CC(=O)C[C@@H]1CC[C@H](NCl)B(O)O1. The van der Waals surface area contributed by atoms with Crippen LogP contribution >= 0.6 is 11.8 Å². The van der Waals surface area contributed by atoms with Gasteiger partial charge in [-0.15, -0.1) is 0 Å². The molecule has 0 aromatic heterocycles. The number of rotatable bonds is 3. The minimum absolute atomic E-state index is 0.0782. The highest BCUT2D eigenvalue weighted by atomic mass is 35.5. The molecule has 0 spiro atoms. The molecule has 1 heterocycles. The molecule has 0 aliphatic carbocycles. The lowest BCUT2D eigenvalue weighted by molar-refractivity contribution is -0.118. The van der Waals surface area contributed by atoms with E-state index in [4.69, 9.17) is 16.4 Å². The number of carbonyl (C=O) groups is 1. The van der Waals surface area contributed by atoms with E-state index in [1.54, 1.807) is 0 Å². The van der Waals surface area contributed by atoms with E-state index in [0.717, 1.165) is 12.8 Å². The average Bonchev–Trinajstić information content (AvgIpc) is 2.03. The Labute approximate surface area is 82.8 Å². The second kappa shape index (κ2) is 4.95. The van der Waals surface area contributed by atoms with Crippen molar-refractivity contribution < 1.29 is 14.5 Å². The Kier molecular flexibility index (Phi) is 4.19. The quantitative estimate of drug-likeness (QED) is 0.513. The summed E-state index contributed by atoms with van der Waals surface area (Å²) in [5.41, 5.74) is 0. The molecular formula is C7H13BClNO3. The first kappa shape index (κ1) is 11.0. The Hall–Kier alpha value is -0.0951. The highest BCUT2D eigenvalue weighted by Crippen LogP contribution is 2.18. The van der Waals surface area contributed by atoms with Crippen LogP contribution in [-0.2, 0) is 9.45 Å². The molecule has 0 bridgehead atoms. The van der Waals surface area contributed by atoms with Crippen molar-refractivity contribution >= 4 is 24.7 Å². The van der Waals surface area contributed by atoms with E-state index in [-0.39, 0.29) is 17.8 Å². The number of Topliss-reactive ketones (excluding diaryl/α,β-unsaturated/α-hetero) is 1. The first-order valence-corrected chi connectivity index (χ1v) is 4.70. The van der Waals surface area contributed by atoms with Crippen molar-refractivity contribution in [3.05, 3.63) is 0 Å². The van der Waals surface area contributed by atoms with E-state index in [1.807, 2.05) is 0 Å². The number of halogens is 1. The van der Waals surface area contributed by atoms with Gasteiger partial charge in [-0.2, -0.15) is 0 Å². The highest BCUT2D eigenvalue weighted by Gasteiger charge is 2.34. The average molecular weight is 205 g/mol. The zero-order valence-electron chi connectivity index (χ0n) is 7.50. The maximum atomic E-state index is 10.8. The molecule has 2 N–H and O–H groups in total. The Bertz CT molecular complexity index is 193. The molecular weight excluding hydrogens is 192 g/mol. The van der Waals surface area contributed by atoms with Gasteiger partial charge in [0.25, 0.3) is 0 Å². The predicted molar refractivity (Wildman–Crippen MR) is 50.2 cm³/mol. The van der Waals surface area contributed by atoms with Gasteiger partial charge in [0, 0.05) is 12.5 Å². The van der Waals surface area contributed by atoms with E-state index >= 15 is 0 Å². The van der Waals surface area contributed by atoms with E-state index in [0.29, 0.717) is 6.42 Å². The molecule has 1 aliphatic heterocycles. The molecule has 1 aliphatic rings. The monoisotopic (exact) mass is 205 g/mol. The number of carbonyl (C=O) groups excluding carboxylic acids is 1. The van der Waals surface area contributed by atoms with Gasteiger partial charge in [0.1, 0.15) is 5.78 Å². The third-order valence-electron chi connectivity index (χ3n) is 2.13. The summed E-state index contributed by atoms with van der Waals surface area (Å²) in [7, 11) is -0.907. The Morgan fingerprint density at radius 3 is 2.92 bits per heavy atom. The largest absolute Gasteiger partial charge is 0.473 e. The van der Waals surface area contributed by atoms with Gasteiger partial charge >= 0.3 is 7.12 Å². The lowest BCUT2D eigenvalue weighted by Crippen LogP contribution is -2.48. The fourth-order valence-corrected chi connectivity index (χ4v) is 1.66. The maximum Gasteiger partial charge on any atom is 0.473 e. The van der Waals surface area contributed by atoms with Crippen LogP contribution in [0.3, 0.4) is 0 Å². The molecule has 1 rings (SSSR count). The van der Waals surface area contributed by atoms with E-state index < -0.39 is 7.12 Å². The summed E-state index contributed by atoms with van der Waals surface area (Å²) >= 11 is 5.37. The molecule has 1 saturated heterocycles. The normalized spacial score (nSPS) is 29.0. The summed E-state index contributed by atoms with van der Waals surface area (Å²) in [6.45, 7) is 1.52. The van der Waals surface area contributed by atoms with E-state index in [9.17, 15) is 9.82 Å². The van der Waals surface area contributed by atoms with Crippen LogP contribution in [0.2, 0.25) is 0 Å². The van der Waals surface area contributed by atoms with Crippen LogP contribution in [0.25, 0.3) is 0 Å². The number of ketones is 1. The van der Waals surface area contributed by atoms with Gasteiger partial charge in [-0.05, 0) is 31.5 Å². The molecule has 4 nitrogen and oxygen atoms in total. The summed E-state index contributed by atoms with van der Waals surface area (Å²) in [4.78, 5) is 13.2. The summed E-state index contributed by atoms with van der Waals surface area (Å²) in [5, 5.41) is 9.37. The van der Waals surface area contributed by atoms with Crippen molar-refractivity contribution in [1.82, 2.24) is 4.84 Å². The number of nitrogens with one attached hydrogen (secondary N) is 1. The van der Waals surface area contributed by atoms with Gasteiger partial charge in [-0.1, -0.05) is 0 Å². The first-order chi connectivity index (χ1) is 6.13. The van der Waals surface area contributed by atoms with Crippen molar-refractivity contribution in [2.45, 2.75) is 38.2 Å². The van der Waals surface area contributed by atoms with E-state index in [1.165, 1.54) is 6.92 Å². The molecule has 0 aromatic rings. The highest BCUT2D eigenvalue weighted by molar-refractivity contribution is 6.46. The Morgan fingerprint density at radius 1 is 1.77 bits per heavy atom. The van der Waals surface area contributed by atoms with Crippen molar-refractivity contribution in [3.63, 3.8) is 0 Å². The fourth-order valence-electron chi connectivity index (χ4n) is 1.45. The topological polar surface area (TPSA) is 58.6 Å². The van der Waals surface area contributed by atoms with Crippen molar-refractivity contribution in [1.29, 1.82) is 0 Å². The molecule has 13 heavy (non-hydrogen) atoms. The molecule has 1 fully saturated rings. The fraction of sp³-hybridized carbons (Fsp3) is 0.857. The molecule has 0 unspecified atom stereocenters. The van der Waals surface area contributed by atoms with Gasteiger partial charge in [0.2, 0.25) is 0 Å². The van der Waals surface area contributed by atoms with Crippen LogP contribution in [0.1, 0.15) is 26.2 Å². The van der Waals surface area contributed by atoms with Gasteiger partial charge in [0.15, 0.2) is 0 Å². The molecule has 74 valence electrons. The molecule has 0 saturated carbocycles. The number of hydrogen-bond acceptors (Lipinski definition) is 4. The standard InChI is InChI=1S/C7H13BClNO3/c1-5(11)4-6-2-3-7(10-9)8(12)13-6/h6-7,10,12H,2-4H2,1H3/t6-,7-/m0/s1. The summed E-state index contributed by atoms with van der Waals surface area (Å²) in [6, 6.07) is 0. The minimum Gasteiger partial charge on any atom is -0.426 e. The lowest BCUT2D eigenvalue weighted by atomic mass is 9.73. The zero-order valence-corrected chi connectivity index (χ0v) is 8.25. The van der Waals surface area contributed by atoms with Gasteiger partial charge in [-0.25, -0.2) is 4.84 Å². The molecule has 6 heteroatoms. The van der Waals surface area contributed by atoms with Gasteiger partial charge in [-0.3, -0.25) is 4.79 Å². The lowest BCUT2D eigenvalue weighted by Gasteiger charge is -2.29. The Balaban J connectivity index is 2.36. The van der Waals surface area contributed by atoms with Crippen molar-refractivity contribution in [3.8, 4) is 0 Å². The smallest absolute Gasteiger partial charge is 0.426 e. The third kappa shape index (κ3) is 3.27. The van der Waals surface area contributed by atoms with Crippen LogP contribution < -0.4 is 4.84 Å². The molecule has 2 atom stereocenters. The van der Waals surface area contributed by atoms with Crippen LogP contribution in [0.5, 0.6) is 0 Å². The van der Waals surface area contributed by atoms with Crippen LogP contribution in [0, 0.1) is 0 Å².